The Balaban J connectivity index is 2.28. The van der Waals surface area contributed by atoms with Gasteiger partial charge in [0.25, 0.3) is 0 Å². The maximum absolute atomic E-state index is 12.3. The van der Waals surface area contributed by atoms with Crippen molar-refractivity contribution < 1.29 is 13.2 Å². The van der Waals surface area contributed by atoms with E-state index >= 15 is 0 Å². The molecule has 0 spiro atoms. The van der Waals surface area contributed by atoms with Crippen LogP contribution >= 0.6 is 0 Å². The van der Waals surface area contributed by atoms with Crippen LogP contribution in [0, 0.1) is 0 Å². The lowest BCUT2D eigenvalue weighted by Crippen LogP contribution is -2.30. The van der Waals surface area contributed by atoms with E-state index in [1.165, 1.54) is 15.2 Å². The molecule has 0 radical (unpaired) electrons. The van der Waals surface area contributed by atoms with E-state index < -0.39 is 10.0 Å². The molecule has 1 unspecified atom stereocenters. The zero-order valence-electron chi connectivity index (χ0n) is 9.83. The largest absolute Gasteiger partial charge is 0.381 e. The maximum atomic E-state index is 12.3. The van der Waals surface area contributed by atoms with E-state index in [0.29, 0.717) is 19.5 Å². The van der Waals surface area contributed by atoms with Gasteiger partial charge in [-0.25, -0.2) is 8.42 Å². The molecule has 1 fully saturated rings. The number of rotatable bonds is 3. The van der Waals surface area contributed by atoms with Crippen molar-refractivity contribution >= 4 is 15.8 Å². The van der Waals surface area contributed by atoms with Gasteiger partial charge in [0, 0.05) is 33.4 Å². The monoisotopic (exact) mass is 260 g/mol. The normalized spacial score (nSPS) is 22.1. The number of ether oxygens (including phenoxy) is 1. The van der Waals surface area contributed by atoms with Crippen molar-refractivity contribution in [2.45, 2.75) is 17.4 Å². The van der Waals surface area contributed by atoms with Gasteiger partial charge in [-0.05, 0) is 6.42 Å². The summed E-state index contributed by atoms with van der Waals surface area (Å²) in [5.41, 5.74) is 5.59. The minimum absolute atomic E-state index is 0.0355. The Labute approximate surface area is 100 Å². The van der Waals surface area contributed by atoms with Crippen molar-refractivity contribution in [3.8, 4) is 0 Å². The molecule has 2 rings (SSSR count). The molecule has 1 aromatic heterocycles. The van der Waals surface area contributed by atoms with Crippen molar-refractivity contribution in [2.75, 3.05) is 25.9 Å². The highest BCUT2D eigenvalue weighted by molar-refractivity contribution is 7.89. The Morgan fingerprint density at radius 3 is 2.76 bits per heavy atom. The van der Waals surface area contributed by atoms with E-state index in [0.717, 1.165) is 0 Å². The lowest BCUT2D eigenvalue weighted by molar-refractivity contribution is 0.115. The fourth-order valence-corrected chi connectivity index (χ4v) is 3.51. The summed E-state index contributed by atoms with van der Waals surface area (Å²) in [6.45, 7) is 0.822. The molecular weight excluding hydrogens is 244 g/mol. The van der Waals surface area contributed by atoms with Crippen molar-refractivity contribution in [1.82, 2.24) is 14.1 Å². The van der Waals surface area contributed by atoms with Crippen molar-refractivity contribution in [2.24, 2.45) is 7.05 Å². The third-order valence-electron chi connectivity index (χ3n) is 2.88. The number of aryl methyl sites for hydroxylation is 1. The van der Waals surface area contributed by atoms with E-state index in [9.17, 15) is 8.42 Å². The molecule has 1 aliphatic heterocycles. The first-order valence-corrected chi connectivity index (χ1v) is 6.71. The van der Waals surface area contributed by atoms with Crippen LogP contribution in [0.25, 0.3) is 0 Å². The Hall–Kier alpha value is -1.12. The summed E-state index contributed by atoms with van der Waals surface area (Å²) in [6.07, 6.45) is 2.09. The first-order chi connectivity index (χ1) is 7.95. The summed E-state index contributed by atoms with van der Waals surface area (Å²) in [5, 5.41) is 3.85. The van der Waals surface area contributed by atoms with Crippen LogP contribution in [0.5, 0.6) is 0 Å². The predicted molar refractivity (Wildman–Crippen MR) is 61.8 cm³/mol. The van der Waals surface area contributed by atoms with Gasteiger partial charge in [0.15, 0.2) is 5.82 Å². The molecule has 0 bridgehead atoms. The van der Waals surface area contributed by atoms with Crippen molar-refractivity contribution in [3.05, 3.63) is 6.20 Å². The Morgan fingerprint density at radius 1 is 1.59 bits per heavy atom. The molecule has 0 aliphatic carbocycles. The summed E-state index contributed by atoms with van der Waals surface area (Å²) in [7, 11) is -0.328. The van der Waals surface area contributed by atoms with Gasteiger partial charge >= 0.3 is 0 Å². The third-order valence-corrected chi connectivity index (χ3v) is 4.76. The third kappa shape index (κ3) is 2.15. The van der Waals surface area contributed by atoms with Crippen molar-refractivity contribution in [1.29, 1.82) is 0 Å². The van der Waals surface area contributed by atoms with Gasteiger partial charge in [0.1, 0.15) is 4.90 Å². The van der Waals surface area contributed by atoms with Crippen molar-refractivity contribution in [3.63, 3.8) is 0 Å². The first kappa shape index (κ1) is 12.3. The lowest BCUT2D eigenvalue weighted by atomic mass is 10.3. The number of nitrogens with two attached hydrogens (primary N) is 1. The van der Waals surface area contributed by atoms with Crippen LogP contribution in [-0.2, 0) is 21.8 Å². The smallest absolute Gasteiger partial charge is 0.248 e. The Bertz CT molecular complexity index is 510. The first-order valence-electron chi connectivity index (χ1n) is 5.27. The molecule has 2 N–H and O–H groups in total. The second-order valence-electron chi connectivity index (χ2n) is 4.06. The molecule has 1 aromatic rings. The van der Waals surface area contributed by atoms with Crippen LogP contribution in [0.15, 0.2) is 11.1 Å². The van der Waals surface area contributed by atoms with Crippen LogP contribution in [-0.4, -0.2) is 48.8 Å². The summed E-state index contributed by atoms with van der Waals surface area (Å²) in [4.78, 5) is 0.0664. The number of anilines is 1. The average molecular weight is 260 g/mol. The van der Waals surface area contributed by atoms with Crippen LogP contribution in [0.4, 0.5) is 5.82 Å². The number of hydrogen-bond donors (Lipinski definition) is 1. The number of nitrogens with zero attached hydrogens (tertiary/aromatic N) is 3. The Kier molecular flexibility index (Phi) is 3.11. The SMILES string of the molecule is COC1CCN(S(=O)(=O)c2cn(C)nc2N)C1. The van der Waals surface area contributed by atoms with Crippen LogP contribution in [0.1, 0.15) is 6.42 Å². The molecule has 8 heteroatoms. The number of hydrogen-bond acceptors (Lipinski definition) is 5. The van der Waals surface area contributed by atoms with Crippen LogP contribution in [0.2, 0.25) is 0 Å². The molecule has 96 valence electrons. The summed E-state index contributed by atoms with van der Waals surface area (Å²) in [6, 6.07) is 0. The molecule has 0 aromatic carbocycles. The number of nitrogen functional groups attached to an aromatic ring is 1. The van der Waals surface area contributed by atoms with Gasteiger partial charge in [0.2, 0.25) is 10.0 Å². The average Bonchev–Trinajstić information content (AvgIpc) is 2.85. The molecule has 7 nitrogen and oxygen atoms in total. The van der Waals surface area contributed by atoms with Gasteiger partial charge in [-0.1, -0.05) is 0 Å². The van der Waals surface area contributed by atoms with E-state index in [1.54, 1.807) is 14.2 Å². The molecule has 17 heavy (non-hydrogen) atoms. The minimum atomic E-state index is -3.55. The highest BCUT2D eigenvalue weighted by Crippen LogP contribution is 2.25. The topological polar surface area (TPSA) is 90.5 Å². The van der Waals surface area contributed by atoms with Gasteiger partial charge in [0.05, 0.1) is 6.10 Å². The van der Waals surface area contributed by atoms with Gasteiger partial charge < -0.3 is 10.5 Å². The summed E-state index contributed by atoms with van der Waals surface area (Å²) < 4.78 is 32.5. The number of aromatic nitrogens is 2. The highest BCUT2D eigenvalue weighted by atomic mass is 32.2. The second-order valence-corrected chi connectivity index (χ2v) is 5.97. The molecule has 2 heterocycles. The highest BCUT2D eigenvalue weighted by Gasteiger charge is 2.34. The van der Waals surface area contributed by atoms with Gasteiger partial charge in [-0.15, -0.1) is 0 Å². The molecule has 1 atom stereocenters. The quantitative estimate of drug-likeness (QED) is 0.784. The molecule has 1 saturated heterocycles. The second kappa shape index (κ2) is 4.28. The minimum Gasteiger partial charge on any atom is -0.381 e. The summed E-state index contributed by atoms with van der Waals surface area (Å²) >= 11 is 0. The van der Waals surface area contributed by atoms with E-state index in [1.807, 2.05) is 0 Å². The van der Waals surface area contributed by atoms with E-state index in [2.05, 4.69) is 5.10 Å². The lowest BCUT2D eigenvalue weighted by Gasteiger charge is -2.15. The van der Waals surface area contributed by atoms with Gasteiger partial charge in [-0.2, -0.15) is 9.40 Å². The maximum Gasteiger partial charge on any atom is 0.248 e. The number of methoxy groups -OCH3 is 1. The van der Waals surface area contributed by atoms with E-state index in [-0.39, 0.29) is 16.8 Å². The van der Waals surface area contributed by atoms with Crippen LogP contribution in [0.3, 0.4) is 0 Å². The Morgan fingerprint density at radius 2 is 2.29 bits per heavy atom. The number of sulfonamides is 1. The fraction of sp³-hybridized carbons (Fsp3) is 0.667. The molecule has 0 saturated carbocycles. The standard InChI is InChI=1S/C9H16N4O3S/c1-12-6-8(9(10)11-12)17(14,15)13-4-3-7(5-13)16-2/h6-7H,3-5H2,1-2H3,(H2,10,11). The van der Waals surface area contributed by atoms with E-state index in [4.69, 9.17) is 10.5 Å². The van der Waals surface area contributed by atoms with Gasteiger partial charge in [-0.3, -0.25) is 4.68 Å². The molecule has 1 aliphatic rings. The fourth-order valence-electron chi connectivity index (χ4n) is 1.93. The van der Waals surface area contributed by atoms with Crippen LogP contribution < -0.4 is 5.73 Å². The molecule has 0 amide bonds. The summed E-state index contributed by atoms with van der Waals surface area (Å²) in [5.74, 6) is 0.0355. The zero-order valence-corrected chi connectivity index (χ0v) is 10.6. The zero-order chi connectivity index (χ0) is 12.6. The predicted octanol–water partition coefficient (Wildman–Crippen LogP) is -0.588. The molecular formula is C9H16N4O3S.